The van der Waals surface area contributed by atoms with Gasteiger partial charge in [-0.1, -0.05) is 69.3 Å². The van der Waals surface area contributed by atoms with Crippen molar-refractivity contribution in [3.63, 3.8) is 0 Å². The minimum atomic E-state index is -4.60. The second-order valence-corrected chi connectivity index (χ2v) is 8.17. The zero-order valence-corrected chi connectivity index (χ0v) is 18.1. The van der Waals surface area contributed by atoms with Gasteiger partial charge in [0.2, 0.25) is 0 Å². The standard InChI is InChI=1S/C24H26F3N3O/c1-5-30(20-14-10-9-13-18(20)23(2,3)4)21-19(24(25,26)27)15-28-22(29-21)31-16-17-11-7-6-8-12-17/h6-15H,5,16H2,1-4H3. The highest BCUT2D eigenvalue weighted by Gasteiger charge is 2.37. The molecule has 0 radical (unpaired) electrons. The number of benzene rings is 2. The molecule has 0 bridgehead atoms. The normalized spacial score (nSPS) is 12.0. The second-order valence-electron chi connectivity index (χ2n) is 8.17. The Balaban J connectivity index is 2.06. The number of hydrogen-bond donors (Lipinski definition) is 0. The van der Waals surface area contributed by atoms with Crippen LogP contribution in [-0.2, 0) is 18.2 Å². The number of ether oxygens (including phenoxy) is 1. The van der Waals surface area contributed by atoms with E-state index in [1.54, 1.807) is 11.8 Å². The third-order valence-corrected chi connectivity index (χ3v) is 4.84. The van der Waals surface area contributed by atoms with E-state index < -0.39 is 11.7 Å². The number of rotatable bonds is 6. The smallest absolute Gasteiger partial charge is 0.421 e. The van der Waals surface area contributed by atoms with E-state index in [0.29, 0.717) is 12.2 Å². The number of hydrogen-bond acceptors (Lipinski definition) is 4. The van der Waals surface area contributed by atoms with Crippen LogP contribution < -0.4 is 9.64 Å². The Hall–Kier alpha value is -3.09. The van der Waals surface area contributed by atoms with E-state index in [1.165, 1.54) is 0 Å². The fraction of sp³-hybridized carbons (Fsp3) is 0.333. The highest BCUT2D eigenvalue weighted by atomic mass is 19.4. The molecule has 2 aromatic carbocycles. The van der Waals surface area contributed by atoms with Gasteiger partial charge in [-0.3, -0.25) is 0 Å². The first kappa shape index (κ1) is 22.6. The SMILES string of the molecule is CCN(c1ccccc1C(C)(C)C)c1nc(OCc2ccccc2)ncc1C(F)(F)F. The van der Waals surface area contributed by atoms with E-state index in [1.807, 2.05) is 75.4 Å². The average Bonchev–Trinajstić information content (AvgIpc) is 2.72. The zero-order valence-electron chi connectivity index (χ0n) is 18.1. The maximum atomic E-state index is 13.8. The highest BCUT2D eigenvalue weighted by molar-refractivity contribution is 5.68. The lowest BCUT2D eigenvalue weighted by Crippen LogP contribution is -2.26. The van der Waals surface area contributed by atoms with Crippen molar-refractivity contribution in [2.24, 2.45) is 0 Å². The summed E-state index contributed by atoms with van der Waals surface area (Å²) in [6, 6.07) is 16.7. The molecule has 0 atom stereocenters. The summed E-state index contributed by atoms with van der Waals surface area (Å²) in [6.07, 6.45) is -3.80. The minimum absolute atomic E-state index is 0.0986. The quantitative estimate of drug-likeness (QED) is 0.447. The van der Waals surface area contributed by atoms with E-state index in [0.717, 1.165) is 17.3 Å². The monoisotopic (exact) mass is 429 g/mol. The van der Waals surface area contributed by atoms with Crippen molar-refractivity contribution >= 4 is 11.5 Å². The molecule has 0 aliphatic rings. The Labute approximate surface area is 180 Å². The molecule has 4 nitrogen and oxygen atoms in total. The number of aromatic nitrogens is 2. The Morgan fingerprint density at radius 3 is 2.16 bits per heavy atom. The Kier molecular flexibility index (Phi) is 6.53. The molecule has 0 unspecified atom stereocenters. The molecule has 0 aliphatic heterocycles. The molecule has 3 rings (SSSR count). The van der Waals surface area contributed by atoms with Crippen molar-refractivity contribution in [2.45, 2.75) is 45.9 Å². The van der Waals surface area contributed by atoms with E-state index in [-0.39, 0.29) is 23.9 Å². The highest BCUT2D eigenvalue weighted by Crippen LogP contribution is 2.41. The van der Waals surface area contributed by atoms with Gasteiger partial charge < -0.3 is 9.64 Å². The van der Waals surface area contributed by atoms with Gasteiger partial charge in [0.1, 0.15) is 12.2 Å². The molecule has 0 fully saturated rings. The molecule has 164 valence electrons. The molecule has 0 N–H and O–H groups in total. The maximum Gasteiger partial charge on any atom is 0.421 e. The summed E-state index contributed by atoms with van der Waals surface area (Å²) < 4.78 is 47.1. The van der Waals surface area contributed by atoms with Gasteiger partial charge in [-0.15, -0.1) is 0 Å². The van der Waals surface area contributed by atoms with Gasteiger partial charge in [0, 0.05) is 18.4 Å². The summed E-state index contributed by atoms with van der Waals surface area (Å²) >= 11 is 0. The van der Waals surface area contributed by atoms with Crippen LogP contribution >= 0.6 is 0 Å². The first-order valence-electron chi connectivity index (χ1n) is 10.1. The van der Waals surface area contributed by atoms with E-state index in [2.05, 4.69) is 9.97 Å². The van der Waals surface area contributed by atoms with Crippen LogP contribution in [0, 0.1) is 0 Å². The van der Waals surface area contributed by atoms with Crippen molar-refractivity contribution in [3.05, 3.63) is 77.5 Å². The number of alkyl halides is 3. The fourth-order valence-electron chi connectivity index (χ4n) is 3.33. The van der Waals surface area contributed by atoms with Crippen molar-refractivity contribution in [3.8, 4) is 6.01 Å². The summed E-state index contributed by atoms with van der Waals surface area (Å²) in [5.41, 5.74) is 1.32. The Morgan fingerprint density at radius 2 is 1.55 bits per heavy atom. The second kappa shape index (κ2) is 8.96. The van der Waals surface area contributed by atoms with Crippen LogP contribution in [0.4, 0.5) is 24.7 Å². The van der Waals surface area contributed by atoms with Gasteiger partial charge in [-0.25, -0.2) is 4.98 Å². The number of anilines is 2. The minimum Gasteiger partial charge on any atom is -0.459 e. The van der Waals surface area contributed by atoms with Crippen molar-refractivity contribution in [1.29, 1.82) is 0 Å². The third-order valence-electron chi connectivity index (χ3n) is 4.84. The summed E-state index contributed by atoms with van der Waals surface area (Å²) in [6.45, 7) is 8.34. The van der Waals surface area contributed by atoms with Gasteiger partial charge in [-0.05, 0) is 29.5 Å². The molecule has 7 heteroatoms. The van der Waals surface area contributed by atoms with Crippen molar-refractivity contribution in [1.82, 2.24) is 9.97 Å². The van der Waals surface area contributed by atoms with E-state index in [4.69, 9.17) is 4.74 Å². The summed E-state index contributed by atoms with van der Waals surface area (Å²) in [4.78, 5) is 9.59. The van der Waals surface area contributed by atoms with Gasteiger partial charge >= 0.3 is 12.2 Å². The first-order chi connectivity index (χ1) is 14.6. The molecule has 31 heavy (non-hydrogen) atoms. The molecular weight excluding hydrogens is 403 g/mol. The van der Waals surface area contributed by atoms with Crippen molar-refractivity contribution in [2.75, 3.05) is 11.4 Å². The lowest BCUT2D eigenvalue weighted by Gasteiger charge is -2.31. The molecule has 0 aliphatic carbocycles. The largest absolute Gasteiger partial charge is 0.459 e. The van der Waals surface area contributed by atoms with Gasteiger partial charge in [0.15, 0.2) is 5.82 Å². The first-order valence-corrected chi connectivity index (χ1v) is 10.1. The number of nitrogens with zero attached hydrogens (tertiary/aromatic N) is 3. The Bertz CT molecular complexity index is 1010. The molecule has 0 amide bonds. The number of para-hydroxylation sites is 1. The van der Waals surface area contributed by atoms with Gasteiger partial charge in [0.05, 0.1) is 0 Å². The molecular formula is C24H26F3N3O. The third kappa shape index (κ3) is 5.34. The summed E-state index contributed by atoms with van der Waals surface area (Å²) in [5.74, 6) is -0.218. The van der Waals surface area contributed by atoms with Crippen LogP contribution in [0.3, 0.4) is 0 Å². The van der Waals surface area contributed by atoms with Crippen molar-refractivity contribution < 1.29 is 17.9 Å². The van der Waals surface area contributed by atoms with E-state index >= 15 is 0 Å². The summed E-state index contributed by atoms with van der Waals surface area (Å²) in [7, 11) is 0. The topological polar surface area (TPSA) is 38.2 Å². The van der Waals surface area contributed by atoms with Crippen LogP contribution in [0.2, 0.25) is 0 Å². The molecule has 3 aromatic rings. The van der Waals surface area contributed by atoms with Gasteiger partial charge in [0.25, 0.3) is 0 Å². The van der Waals surface area contributed by atoms with Crippen LogP contribution in [0.5, 0.6) is 6.01 Å². The van der Waals surface area contributed by atoms with E-state index in [9.17, 15) is 13.2 Å². The van der Waals surface area contributed by atoms with Crippen LogP contribution in [0.15, 0.2) is 60.8 Å². The molecule has 1 aromatic heterocycles. The lowest BCUT2D eigenvalue weighted by atomic mass is 9.85. The zero-order chi connectivity index (χ0) is 22.6. The predicted octanol–water partition coefficient (Wildman–Crippen LogP) is 6.53. The van der Waals surface area contributed by atoms with Crippen LogP contribution in [0.1, 0.15) is 44.4 Å². The fourth-order valence-corrected chi connectivity index (χ4v) is 3.33. The van der Waals surface area contributed by atoms with Crippen LogP contribution in [0.25, 0.3) is 0 Å². The lowest BCUT2D eigenvalue weighted by molar-refractivity contribution is -0.137. The Morgan fingerprint density at radius 1 is 0.903 bits per heavy atom. The number of halogens is 3. The molecule has 0 spiro atoms. The molecule has 0 saturated heterocycles. The van der Waals surface area contributed by atoms with Crippen LogP contribution in [-0.4, -0.2) is 16.5 Å². The molecule has 0 saturated carbocycles. The maximum absolute atomic E-state index is 13.8. The summed E-state index contributed by atoms with van der Waals surface area (Å²) in [5, 5.41) is 0. The van der Waals surface area contributed by atoms with Gasteiger partial charge in [-0.2, -0.15) is 18.2 Å². The predicted molar refractivity (Wildman–Crippen MR) is 116 cm³/mol. The molecule has 1 heterocycles. The average molecular weight is 429 g/mol.